The number of para-hydroxylation sites is 2. The molecule has 8 rings (SSSR count). The number of hydrogen-bond acceptors (Lipinski definition) is 1. The fourth-order valence-corrected chi connectivity index (χ4v) is 6.55. The third-order valence-electron chi connectivity index (χ3n) is 8.68. The number of benzene rings is 4. The molecular formula is C35H30N5+. The highest BCUT2D eigenvalue weighted by Gasteiger charge is 2.28. The topological polar surface area (TPSA) is 31.0 Å². The van der Waals surface area contributed by atoms with Crippen molar-refractivity contribution in [3.05, 3.63) is 119 Å². The molecule has 5 nitrogen and oxygen atoms in total. The number of hydrogen-bond donors (Lipinski definition) is 0. The van der Waals surface area contributed by atoms with E-state index in [1.807, 2.05) is 0 Å². The second-order valence-electron chi connectivity index (χ2n) is 11.0. The van der Waals surface area contributed by atoms with Crippen LogP contribution in [0.2, 0.25) is 0 Å². The molecule has 0 fully saturated rings. The van der Waals surface area contributed by atoms with Crippen LogP contribution in [0.15, 0.2) is 97.1 Å². The quantitative estimate of drug-likeness (QED) is 0.224. The van der Waals surface area contributed by atoms with Crippen molar-refractivity contribution in [3.63, 3.8) is 0 Å². The maximum absolute atomic E-state index is 5.25. The van der Waals surface area contributed by atoms with Crippen LogP contribution in [0.4, 0.5) is 0 Å². The van der Waals surface area contributed by atoms with Gasteiger partial charge in [0.1, 0.15) is 0 Å². The number of aryl methyl sites for hydroxylation is 4. The van der Waals surface area contributed by atoms with Gasteiger partial charge < -0.3 is 4.57 Å². The van der Waals surface area contributed by atoms with Crippen LogP contribution in [-0.2, 0) is 13.6 Å². The summed E-state index contributed by atoms with van der Waals surface area (Å²) in [7, 11) is 2.19. The van der Waals surface area contributed by atoms with Gasteiger partial charge >= 0.3 is 5.78 Å². The highest BCUT2D eigenvalue weighted by Crippen LogP contribution is 2.34. The summed E-state index contributed by atoms with van der Waals surface area (Å²) in [6, 6.07) is 34.9. The van der Waals surface area contributed by atoms with Crippen molar-refractivity contribution < 1.29 is 4.57 Å². The molecule has 5 heteroatoms. The number of pyridine rings is 1. The van der Waals surface area contributed by atoms with Gasteiger partial charge in [-0.25, -0.2) is 4.57 Å². The Morgan fingerprint density at radius 1 is 0.675 bits per heavy atom. The van der Waals surface area contributed by atoms with Crippen molar-refractivity contribution in [2.45, 2.75) is 27.3 Å². The van der Waals surface area contributed by atoms with E-state index < -0.39 is 0 Å². The van der Waals surface area contributed by atoms with Crippen LogP contribution >= 0.6 is 0 Å². The molecule has 0 saturated heterocycles. The average molecular weight is 521 g/mol. The van der Waals surface area contributed by atoms with Crippen LogP contribution in [0.3, 0.4) is 0 Å². The number of aromatic nitrogens is 5. The van der Waals surface area contributed by atoms with Crippen LogP contribution in [0.25, 0.3) is 55.6 Å². The molecule has 8 aromatic rings. The van der Waals surface area contributed by atoms with E-state index in [1.54, 1.807) is 0 Å². The van der Waals surface area contributed by atoms with Gasteiger partial charge in [-0.1, -0.05) is 60.7 Å². The minimum atomic E-state index is 0.824. The van der Waals surface area contributed by atoms with Gasteiger partial charge in [-0.05, 0) is 67.8 Å². The standard InChI is InChI=1S/C35H30N5/c1-22-17-18-30-33(24(22)3)40(35-36-32-23(2)11-10-16-28(32)39(30)35)31-20-19-29-34(37(31)4)26-14-8-9-15-27(26)38(29)21-25-12-6-5-7-13-25/h5-20H,21H2,1-4H3/q+1. The lowest BCUT2D eigenvalue weighted by atomic mass is 10.1. The second kappa shape index (κ2) is 8.30. The van der Waals surface area contributed by atoms with Crippen LogP contribution in [0, 0.1) is 20.8 Å². The lowest BCUT2D eigenvalue weighted by Crippen LogP contribution is -2.35. The number of nitrogens with zero attached hydrogens (tertiary/aromatic N) is 5. The second-order valence-corrected chi connectivity index (χ2v) is 11.0. The summed E-state index contributed by atoms with van der Waals surface area (Å²) in [5.74, 6) is 2.03. The predicted octanol–water partition coefficient (Wildman–Crippen LogP) is 7.34. The average Bonchev–Trinajstić information content (AvgIpc) is 3.61. The summed E-state index contributed by atoms with van der Waals surface area (Å²) in [5, 5.41) is 1.25. The summed E-state index contributed by atoms with van der Waals surface area (Å²) in [6.07, 6.45) is 0. The lowest BCUT2D eigenvalue weighted by molar-refractivity contribution is -0.638. The Bertz CT molecular complexity index is 2280. The molecular weight excluding hydrogens is 490 g/mol. The van der Waals surface area contributed by atoms with Crippen LogP contribution < -0.4 is 4.57 Å². The van der Waals surface area contributed by atoms with E-state index in [0.29, 0.717) is 0 Å². The van der Waals surface area contributed by atoms with Gasteiger partial charge in [0.2, 0.25) is 0 Å². The third-order valence-corrected chi connectivity index (χ3v) is 8.68. The van der Waals surface area contributed by atoms with Crippen molar-refractivity contribution >= 4 is 49.8 Å². The van der Waals surface area contributed by atoms with Gasteiger partial charge in [-0.3, -0.25) is 4.40 Å². The van der Waals surface area contributed by atoms with Gasteiger partial charge in [0.15, 0.2) is 11.0 Å². The first-order valence-electron chi connectivity index (χ1n) is 13.9. The molecule has 4 aromatic carbocycles. The smallest absolute Gasteiger partial charge is 0.312 e. The largest absolute Gasteiger partial charge is 0.333 e. The van der Waals surface area contributed by atoms with Gasteiger partial charge in [-0.15, -0.1) is 0 Å². The Labute approximate surface area is 232 Å². The maximum atomic E-state index is 5.25. The molecule has 40 heavy (non-hydrogen) atoms. The van der Waals surface area contributed by atoms with E-state index in [2.05, 4.69) is 143 Å². The van der Waals surface area contributed by atoms with Gasteiger partial charge in [0.25, 0.3) is 5.82 Å². The van der Waals surface area contributed by atoms with Crippen LogP contribution in [-0.4, -0.2) is 18.5 Å². The molecule has 0 amide bonds. The van der Waals surface area contributed by atoms with E-state index in [-0.39, 0.29) is 0 Å². The summed E-state index contributed by atoms with van der Waals surface area (Å²) in [5.41, 5.74) is 13.3. The van der Waals surface area contributed by atoms with Crippen molar-refractivity contribution in [1.29, 1.82) is 0 Å². The zero-order valence-corrected chi connectivity index (χ0v) is 23.2. The molecule has 0 aliphatic carbocycles. The molecule has 0 aliphatic heterocycles. The minimum Gasteiger partial charge on any atom is -0.333 e. The van der Waals surface area contributed by atoms with Gasteiger partial charge in [-0.2, -0.15) is 9.55 Å². The normalized spacial score (nSPS) is 12.1. The summed E-state index contributed by atoms with van der Waals surface area (Å²) in [4.78, 5) is 5.25. The van der Waals surface area contributed by atoms with E-state index in [1.165, 1.54) is 55.2 Å². The number of imidazole rings is 2. The molecule has 4 aromatic heterocycles. The first kappa shape index (κ1) is 23.0. The molecule has 194 valence electrons. The van der Waals surface area contributed by atoms with E-state index in [9.17, 15) is 0 Å². The first-order chi connectivity index (χ1) is 19.5. The number of rotatable bonds is 3. The Kier molecular flexibility index (Phi) is 4.78. The van der Waals surface area contributed by atoms with Crippen molar-refractivity contribution in [1.82, 2.24) is 18.5 Å². The molecule has 0 N–H and O–H groups in total. The molecule has 0 unspecified atom stereocenters. The molecule has 0 atom stereocenters. The highest BCUT2D eigenvalue weighted by atomic mass is 15.3. The summed E-state index contributed by atoms with van der Waals surface area (Å²) >= 11 is 0. The Hall–Kier alpha value is -4.90. The van der Waals surface area contributed by atoms with Crippen LogP contribution in [0.5, 0.6) is 0 Å². The van der Waals surface area contributed by atoms with Crippen molar-refractivity contribution in [3.8, 4) is 5.82 Å². The van der Waals surface area contributed by atoms with E-state index in [4.69, 9.17) is 4.98 Å². The lowest BCUT2D eigenvalue weighted by Gasteiger charge is -2.09. The Morgan fingerprint density at radius 3 is 2.27 bits per heavy atom. The monoisotopic (exact) mass is 520 g/mol. The third kappa shape index (κ3) is 3.03. The minimum absolute atomic E-state index is 0.824. The zero-order valence-electron chi connectivity index (χ0n) is 23.2. The maximum Gasteiger partial charge on any atom is 0.312 e. The molecule has 0 aliphatic rings. The first-order valence-corrected chi connectivity index (χ1v) is 13.9. The van der Waals surface area contributed by atoms with Crippen molar-refractivity contribution in [2.24, 2.45) is 7.05 Å². The summed E-state index contributed by atoms with van der Waals surface area (Å²) < 4.78 is 9.48. The Balaban J connectivity index is 1.50. The molecule has 0 bridgehead atoms. The van der Waals surface area contributed by atoms with Crippen LogP contribution in [0.1, 0.15) is 22.3 Å². The fraction of sp³-hybridized carbons (Fsp3) is 0.143. The Morgan fingerprint density at radius 2 is 1.43 bits per heavy atom. The van der Waals surface area contributed by atoms with Gasteiger partial charge in [0, 0.05) is 23.6 Å². The van der Waals surface area contributed by atoms with Gasteiger partial charge in [0.05, 0.1) is 34.6 Å². The van der Waals surface area contributed by atoms with Crippen molar-refractivity contribution in [2.75, 3.05) is 0 Å². The highest BCUT2D eigenvalue weighted by molar-refractivity contribution is 6.04. The zero-order chi connectivity index (χ0) is 27.1. The molecule has 0 saturated carbocycles. The number of fused-ring (bicyclic) bond motifs is 8. The summed E-state index contributed by atoms with van der Waals surface area (Å²) in [6.45, 7) is 7.39. The SMILES string of the molecule is Cc1ccc2c(c1C)n(-c1ccc3c(c4ccccc4n3Cc3ccccc3)[n+]1C)c1nc3c(C)cccc3n21. The molecule has 4 heterocycles. The van der Waals surface area contributed by atoms with E-state index >= 15 is 0 Å². The predicted molar refractivity (Wildman–Crippen MR) is 163 cm³/mol. The molecule has 0 spiro atoms. The van der Waals surface area contributed by atoms with E-state index in [0.717, 1.165) is 29.2 Å². The fourth-order valence-electron chi connectivity index (χ4n) is 6.55. The molecule has 0 radical (unpaired) electrons.